The highest BCUT2D eigenvalue weighted by Crippen LogP contribution is 2.26. The minimum atomic E-state index is 0.0231. The van der Waals surface area contributed by atoms with Crippen molar-refractivity contribution in [2.45, 2.75) is 25.8 Å². The van der Waals surface area contributed by atoms with Gasteiger partial charge in [-0.15, -0.1) is 0 Å². The maximum Gasteiger partial charge on any atom is 0.242 e. The molecule has 1 aliphatic heterocycles. The molecule has 2 amide bonds. The van der Waals surface area contributed by atoms with Gasteiger partial charge in [0.25, 0.3) is 0 Å². The molecule has 5 nitrogen and oxygen atoms in total. The summed E-state index contributed by atoms with van der Waals surface area (Å²) < 4.78 is 0. The minimum absolute atomic E-state index is 0.0231. The molecule has 2 fully saturated rings. The van der Waals surface area contributed by atoms with Crippen LogP contribution >= 0.6 is 0 Å². The van der Waals surface area contributed by atoms with Gasteiger partial charge in [-0.3, -0.25) is 9.59 Å². The fourth-order valence-electron chi connectivity index (χ4n) is 2.19. The molecule has 0 aromatic carbocycles. The highest BCUT2D eigenvalue weighted by molar-refractivity contribution is 5.84. The van der Waals surface area contributed by atoms with Crippen LogP contribution in [0.5, 0.6) is 0 Å². The maximum absolute atomic E-state index is 12.1. The lowest BCUT2D eigenvalue weighted by Crippen LogP contribution is -2.50. The van der Waals surface area contributed by atoms with E-state index in [1.54, 1.807) is 11.8 Å². The second-order valence-electron chi connectivity index (χ2n) is 5.06. The summed E-state index contributed by atoms with van der Waals surface area (Å²) in [6.45, 7) is 5.24. The van der Waals surface area contributed by atoms with E-state index in [4.69, 9.17) is 0 Å². The summed E-state index contributed by atoms with van der Waals surface area (Å²) in [5, 5.41) is 0. The molecule has 1 heterocycles. The van der Waals surface area contributed by atoms with Gasteiger partial charge in [0.2, 0.25) is 11.8 Å². The van der Waals surface area contributed by atoms with E-state index in [0.29, 0.717) is 6.04 Å². The highest BCUT2D eigenvalue weighted by Gasteiger charge is 2.33. The first kappa shape index (κ1) is 12.4. The molecule has 0 radical (unpaired) electrons. The number of likely N-dealkylation sites (N-methyl/N-ethyl adjacent to an activating group) is 1. The van der Waals surface area contributed by atoms with Crippen molar-refractivity contribution in [3.63, 3.8) is 0 Å². The maximum atomic E-state index is 12.1. The highest BCUT2D eigenvalue weighted by atomic mass is 16.2. The van der Waals surface area contributed by atoms with Gasteiger partial charge in [-0.05, 0) is 19.9 Å². The fraction of sp³-hybridized carbons (Fsp3) is 0.833. The molecule has 1 saturated carbocycles. The van der Waals surface area contributed by atoms with Gasteiger partial charge in [0, 0.05) is 39.1 Å². The zero-order valence-electron chi connectivity index (χ0n) is 10.7. The van der Waals surface area contributed by atoms with Crippen molar-refractivity contribution in [1.29, 1.82) is 0 Å². The summed E-state index contributed by atoms with van der Waals surface area (Å²) in [6, 6.07) is 0.323. The zero-order valence-corrected chi connectivity index (χ0v) is 10.7. The molecule has 2 rings (SSSR count). The van der Waals surface area contributed by atoms with Gasteiger partial charge in [-0.2, -0.15) is 0 Å². The van der Waals surface area contributed by atoms with Gasteiger partial charge >= 0.3 is 0 Å². The monoisotopic (exact) mass is 239 g/mol. The second kappa shape index (κ2) is 5.04. The molecule has 0 unspecified atom stereocenters. The van der Waals surface area contributed by atoms with Crippen LogP contribution in [-0.2, 0) is 9.59 Å². The van der Waals surface area contributed by atoms with Crippen LogP contribution in [0, 0.1) is 0 Å². The number of carbonyl (C=O) groups is 2. The van der Waals surface area contributed by atoms with Gasteiger partial charge in [0.15, 0.2) is 0 Å². The zero-order chi connectivity index (χ0) is 12.4. The van der Waals surface area contributed by atoms with Crippen molar-refractivity contribution < 1.29 is 9.59 Å². The van der Waals surface area contributed by atoms with E-state index >= 15 is 0 Å². The molecule has 96 valence electrons. The molecule has 1 saturated heterocycles. The fourth-order valence-corrected chi connectivity index (χ4v) is 2.19. The predicted octanol–water partition coefficient (Wildman–Crippen LogP) is -0.229. The van der Waals surface area contributed by atoms with Crippen molar-refractivity contribution in [3.05, 3.63) is 0 Å². The first-order valence-electron chi connectivity index (χ1n) is 6.31. The van der Waals surface area contributed by atoms with Crippen LogP contribution in [0.15, 0.2) is 0 Å². The molecule has 2 aliphatic rings. The van der Waals surface area contributed by atoms with Crippen LogP contribution in [0.1, 0.15) is 19.8 Å². The molecule has 0 spiro atoms. The molecular formula is C12H21N3O2. The molecule has 0 aromatic heterocycles. The predicted molar refractivity (Wildman–Crippen MR) is 64.5 cm³/mol. The molecule has 0 aromatic rings. The largest absolute Gasteiger partial charge is 0.339 e. The third-order valence-corrected chi connectivity index (χ3v) is 3.55. The lowest BCUT2D eigenvalue weighted by atomic mass is 10.3. The van der Waals surface area contributed by atoms with Crippen LogP contribution in [0.25, 0.3) is 0 Å². The average Bonchev–Trinajstić information content (AvgIpc) is 3.10. The van der Waals surface area contributed by atoms with E-state index < -0.39 is 0 Å². The minimum Gasteiger partial charge on any atom is -0.339 e. The quantitative estimate of drug-likeness (QED) is 0.683. The Hall–Kier alpha value is -1.10. The second-order valence-corrected chi connectivity index (χ2v) is 5.06. The molecule has 0 N–H and O–H groups in total. The first-order chi connectivity index (χ1) is 8.08. The van der Waals surface area contributed by atoms with Crippen LogP contribution in [0.2, 0.25) is 0 Å². The van der Waals surface area contributed by atoms with Gasteiger partial charge in [0.05, 0.1) is 6.54 Å². The van der Waals surface area contributed by atoms with E-state index in [9.17, 15) is 9.59 Å². The van der Waals surface area contributed by atoms with Crippen molar-refractivity contribution in [2.75, 3.05) is 39.8 Å². The molecule has 0 atom stereocenters. The van der Waals surface area contributed by atoms with E-state index in [1.165, 1.54) is 0 Å². The summed E-state index contributed by atoms with van der Waals surface area (Å²) in [5.74, 6) is 0.121. The van der Waals surface area contributed by atoms with E-state index in [0.717, 1.165) is 39.0 Å². The van der Waals surface area contributed by atoms with Gasteiger partial charge in [0.1, 0.15) is 0 Å². The topological polar surface area (TPSA) is 43.9 Å². The van der Waals surface area contributed by atoms with Crippen molar-refractivity contribution in [2.24, 2.45) is 0 Å². The van der Waals surface area contributed by atoms with Crippen molar-refractivity contribution in [1.82, 2.24) is 14.7 Å². The Balaban J connectivity index is 1.85. The normalized spacial score (nSPS) is 21.4. The van der Waals surface area contributed by atoms with Crippen LogP contribution in [-0.4, -0.2) is 72.3 Å². The van der Waals surface area contributed by atoms with E-state index in [1.807, 2.05) is 4.90 Å². The smallest absolute Gasteiger partial charge is 0.242 e. The third kappa shape index (κ3) is 3.19. The average molecular weight is 239 g/mol. The SMILES string of the molecule is CC(=O)N(CC(=O)N1CCN(C)CC1)C1CC1. The Morgan fingerprint density at radius 3 is 2.24 bits per heavy atom. The third-order valence-electron chi connectivity index (χ3n) is 3.55. The Morgan fingerprint density at radius 1 is 1.18 bits per heavy atom. The number of amides is 2. The number of piperazine rings is 1. The van der Waals surface area contributed by atoms with E-state index in [2.05, 4.69) is 11.9 Å². The number of nitrogens with zero attached hydrogens (tertiary/aromatic N) is 3. The summed E-state index contributed by atoms with van der Waals surface area (Å²) in [5.41, 5.74) is 0. The van der Waals surface area contributed by atoms with Gasteiger partial charge in [-0.25, -0.2) is 0 Å². The van der Waals surface area contributed by atoms with Gasteiger partial charge < -0.3 is 14.7 Å². The van der Waals surface area contributed by atoms with Gasteiger partial charge in [-0.1, -0.05) is 0 Å². The van der Waals surface area contributed by atoms with Crippen molar-refractivity contribution in [3.8, 4) is 0 Å². The standard InChI is InChI=1S/C12H21N3O2/c1-10(16)15(11-3-4-11)9-12(17)14-7-5-13(2)6-8-14/h11H,3-9H2,1-2H3. The summed E-state index contributed by atoms with van der Waals surface area (Å²) in [4.78, 5) is 29.3. The lowest BCUT2D eigenvalue weighted by molar-refractivity contribution is -0.140. The van der Waals surface area contributed by atoms with Crippen LogP contribution < -0.4 is 0 Å². The number of hydrogen-bond donors (Lipinski definition) is 0. The Labute approximate surface area is 102 Å². The number of hydrogen-bond acceptors (Lipinski definition) is 3. The molecular weight excluding hydrogens is 218 g/mol. The Kier molecular flexibility index (Phi) is 3.66. The number of rotatable bonds is 3. The van der Waals surface area contributed by atoms with Crippen LogP contribution in [0.4, 0.5) is 0 Å². The molecule has 5 heteroatoms. The Bertz CT molecular complexity index is 307. The summed E-state index contributed by atoms with van der Waals surface area (Å²) in [7, 11) is 2.06. The Morgan fingerprint density at radius 2 is 1.76 bits per heavy atom. The van der Waals surface area contributed by atoms with Crippen LogP contribution in [0.3, 0.4) is 0 Å². The van der Waals surface area contributed by atoms with Crippen molar-refractivity contribution >= 4 is 11.8 Å². The number of carbonyl (C=O) groups excluding carboxylic acids is 2. The molecule has 1 aliphatic carbocycles. The lowest BCUT2D eigenvalue weighted by Gasteiger charge is -2.33. The molecule has 0 bridgehead atoms. The summed E-state index contributed by atoms with van der Waals surface area (Å²) in [6.07, 6.45) is 2.10. The first-order valence-corrected chi connectivity index (χ1v) is 6.31. The van der Waals surface area contributed by atoms with E-state index in [-0.39, 0.29) is 18.4 Å². The summed E-state index contributed by atoms with van der Waals surface area (Å²) >= 11 is 0. The molecule has 17 heavy (non-hydrogen) atoms.